The standard InChI is InChI=1S/C17H22N4O4/c1-11-2-3-13(25-11)9-21-6-4-12(5-7-21)8-18-16(22)14-15(17(23)24)20-10-19-14/h2-3,10,12H,4-9H2,1H3,(H,18,22)(H,19,20)(H,23,24). The number of aromatic amines is 1. The van der Waals surface area contributed by atoms with E-state index in [0.29, 0.717) is 12.5 Å². The van der Waals surface area contributed by atoms with Crippen molar-refractivity contribution >= 4 is 11.9 Å². The quantitative estimate of drug-likeness (QED) is 0.733. The van der Waals surface area contributed by atoms with Gasteiger partial charge in [-0.2, -0.15) is 0 Å². The van der Waals surface area contributed by atoms with Gasteiger partial charge in [-0.15, -0.1) is 0 Å². The van der Waals surface area contributed by atoms with E-state index in [9.17, 15) is 9.59 Å². The molecular weight excluding hydrogens is 324 g/mol. The Labute approximate surface area is 145 Å². The third-order valence-electron chi connectivity index (χ3n) is 4.50. The molecule has 134 valence electrons. The first kappa shape index (κ1) is 17.2. The minimum Gasteiger partial charge on any atom is -0.477 e. The van der Waals surface area contributed by atoms with Crippen LogP contribution in [0.2, 0.25) is 0 Å². The van der Waals surface area contributed by atoms with Gasteiger partial charge in [0.1, 0.15) is 11.5 Å². The van der Waals surface area contributed by atoms with Gasteiger partial charge in [-0.3, -0.25) is 9.69 Å². The maximum atomic E-state index is 12.1. The monoisotopic (exact) mass is 346 g/mol. The van der Waals surface area contributed by atoms with E-state index in [1.54, 1.807) is 0 Å². The summed E-state index contributed by atoms with van der Waals surface area (Å²) in [4.78, 5) is 31.7. The fraction of sp³-hybridized carbons (Fsp3) is 0.471. The average molecular weight is 346 g/mol. The predicted octanol–water partition coefficient (Wildman–Crippen LogP) is 1.65. The second-order valence-electron chi connectivity index (χ2n) is 6.37. The lowest BCUT2D eigenvalue weighted by atomic mass is 9.96. The van der Waals surface area contributed by atoms with E-state index in [1.807, 2.05) is 19.1 Å². The lowest BCUT2D eigenvalue weighted by Crippen LogP contribution is -2.38. The first-order chi connectivity index (χ1) is 12.0. The molecule has 1 aliphatic heterocycles. The maximum Gasteiger partial charge on any atom is 0.354 e. The Hall–Kier alpha value is -2.61. The fourth-order valence-electron chi connectivity index (χ4n) is 3.09. The Kier molecular flexibility index (Phi) is 5.18. The summed E-state index contributed by atoms with van der Waals surface area (Å²) in [6.07, 6.45) is 3.17. The van der Waals surface area contributed by atoms with Crippen molar-refractivity contribution in [2.45, 2.75) is 26.3 Å². The van der Waals surface area contributed by atoms with Crippen molar-refractivity contribution in [1.82, 2.24) is 20.2 Å². The number of carbonyl (C=O) groups excluding carboxylic acids is 1. The maximum absolute atomic E-state index is 12.1. The van der Waals surface area contributed by atoms with Crippen molar-refractivity contribution in [1.29, 1.82) is 0 Å². The molecule has 8 heteroatoms. The number of amides is 1. The highest BCUT2D eigenvalue weighted by Crippen LogP contribution is 2.19. The van der Waals surface area contributed by atoms with Gasteiger partial charge in [0.2, 0.25) is 0 Å². The Morgan fingerprint density at radius 2 is 2.16 bits per heavy atom. The van der Waals surface area contributed by atoms with E-state index in [4.69, 9.17) is 9.52 Å². The number of hydrogen-bond donors (Lipinski definition) is 3. The Balaban J connectivity index is 1.44. The number of imidazole rings is 1. The van der Waals surface area contributed by atoms with Crippen molar-refractivity contribution in [3.8, 4) is 0 Å². The molecule has 0 aliphatic carbocycles. The molecule has 0 radical (unpaired) electrons. The number of H-pyrrole nitrogens is 1. The Morgan fingerprint density at radius 3 is 2.80 bits per heavy atom. The first-order valence-electron chi connectivity index (χ1n) is 8.35. The molecule has 3 heterocycles. The number of hydrogen-bond acceptors (Lipinski definition) is 5. The fourth-order valence-corrected chi connectivity index (χ4v) is 3.09. The summed E-state index contributed by atoms with van der Waals surface area (Å²) >= 11 is 0. The molecule has 1 amide bonds. The molecule has 1 fully saturated rings. The van der Waals surface area contributed by atoms with Gasteiger partial charge in [-0.25, -0.2) is 9.78 Å². The number of nitrogens with one attached hydrogen (secondary N) is 2. The van der Waals surface area contributed by atoms with Crippen LogP contribution in [-0.4, -0.2) is 51.5 Å². The second kappa shape index (κ2) is 7.52. The lowest BCUT2D eigenvalue weighted by molar-refractivity contribution is 0.0684. The molecule has 1 aliphatic rings. The molecule has 0 unspecified atom stereocenters. The van der Waals surface area contributed by atoms with E-state index < -0.39 is 11.9 Å². The van der Waals surface area contributed by atoms with E-state index in [-0.39, 0.29) is 11.4 Å². The summed E-state index contributed by atoms with van der Waals surface area (Å²) in [7, 11) is 0. The third-order valence-corrected chi connectivity index (χ3v) is 4.50. The summed E-state index contributed by atoms with van der Waals surface area (Å²) < 4.78 is 5.61. The predicted molar refractivity (Wildman–Crippen MR) is 89.3 cm³/mol. The summed E-state index contributed by atoms with van der Waals surface area (Å²) in [6, 6.07) is 3.98. The highest BCUT2D eigenvalue weighted by molar-refractivity contribution is 6.02. The van der Waals surface area contributed by atoms with Crippen LogP contribution in [0.1, 0.15) is 45.3 Å². The number of aromatic carboxylic acids is 1. The largest absolute Gasteiger partial charge is 0.477 e. The molecule has 3 rings (SSSR count). The van der Waals surface area contributed by atoms with Gasteiger partial charge < -0.3 is 19.8 Å². The van der Waals surface area contributed by atoms with Gasteiger partial charge >= 0.3 is 5.97 Å². The SMILES string of the molecule is Cc1ccc(CN2CCC(CNC(=O)c3nc[nH]c3C(=O)O)CC2)o1. The number of piperidine rings is 1. The summed E-state index contributed by atoms with van der Waals surface area (Å²) in [5.74, 6) is 0.637. The first-order valence-corrected chi connectivity index (χ1v) is 8.35. The van der Waals surface area contributed by atoms with Crippen molar-refractivity contribution in [2.24, 2.45) is 5.92 Å². The van der Waals surface area contributed by atoms with Crippen LogP contribution in [0.3, 0.4) is 0 Å². The molecule has 0 atom stereocenters. The summed E-state index contributed by atoms with van der Waals surface area (Å²) in [5, 5.41) is 11.8. The highest BCUT2D eigenvalue weighted by Gasteiger charge is 2.23. The van der Waals surface area contributed by atoms with E-state index >= 15 is 0 Å². The van der Waals surface area contributed by atoms with Crippen LogP contribution in [-0.2, 0) is 6.54 Å². The van der Waals surface area contributed by atoms with Crippen molar-refractivity contribution in [3.63, 3.8) is 0 Å². The van der Waals surface area contributed by atoms with Crippen molar-refractivity contribution < 1.29 is 19.1 Å². The zero-order valence-corrected chi connectivity index (χ0v) is 14.1. The Morgan fingerprint density at radius 1 is 1.40 bits per heavy atom. The molecule has 25 heavy (non-hydrogen) atoms. The second-order valence-corrected chi connectivity index (χ2v) is 6.37. The third kappa shape index (κ3) is 4.27. The van der Waals surface area contributed by atoms with Crippen LogP contribution in [0, 0.1) is 12.8 Å². The molecule has 2 aromatic rings. The van der Waals surface area contributed by atoms with Crippen molar-refractivity contribution in [3.05, 3.63) is 41.4 Å². The number of aromatic nitrogens is 2. The molecule has 0 saturated carbocycles. The molecule has 0 bridgehead atoms. The van der Waals surface area contributed by atoms with E-state index in [0.717, 1.165) is 44.0 Å². The van der Waals surface area contributed by atoms with Crippen LogP contribution in [0.5, 0.6) is 0 Å². The van der Waals surface area contributed by atoms with Gasteiger partial charge in [0, 0.05) is 6.54 Å². The number of nitrogens with zero attached hydrogens (tertiary/aromatic N) is 2. The minimum atomic E-state index is -1.19. The molecule has 3 N–H and O–H groups in total. The number of likely N-dealkylation sites (tertiary alicyclic amines) is 1. The molecule has 0 spiro atoms. The van der Waals surface area contributed by atoms with Crippen molar-refractivity contribution in [2.75, 3.05) is 19.6 Å². The van der Waals surface area contributed by atoms with E-state index in [2.05, 4.69) is 20.2 Å². The van der Waals surface area contributed by atoms with Crippen LogP contribution >= 0.6 is 0 Å². The molecule has 0 aromatic carbocycles. The van der Waals surface area contributed by atoms with Gasteiger partial charge in [0.05, 0.1) is 12.9 Å². The summed E-state index contributed by atoms with van der Waals surface area (Å²) in [5.41, 5.74) is -0.251. The number of carboxylic acids is 1. The van der Waals surface area contributed by atoms with Crippen LogP contribution in [0.15, 0.2) is 22.9 Å². The lowest BCUT2D eigenvalue weighted by Gasteiger charge is -2.31. The van der Waals surface area contributed by atoms with Crippen LogP contribution < -0.4 is 5.32 Å². The van der Waals surface area contributed by atoms with Crippen LogP contribution in [0.4, 0.5) is 0 Å². The number of carbonyl (C=O) groups is 2. The average Bonchev–Trinajstić information content (AvgIpc) is 3.23. The number of rotatable bonds is 6. The highest BCUT2D eigenvalue weighted by atomic mass is 16.4. The molecular formula is C17H22N4O4. The zero-order valence-electron chi connectivity index (χ0n) is 14.1. The van der Waals surface area contributed by atoms with Gasteiger partial charge in [-0.05, 0) is 50.9 Å². The number of aryl methyl sites for hydroxylation is 1. The topological polar surface area (TPSA) is 111 Å². The zero-order chi connectivity index (χ0) is 17.8. The van der Waals surface area contributed by atoms with Gasteiger partial charge in [-0.1, -0.05) is 0 Å². The van der Waals surface area contributed by atoms with Crippen LogP contribution in [0.25, 0.3) is 0 Å². The smallest absolute Gasteiger partial charge is 0.354 e. The molecule has 8 nitrogen and oxygen atoms in total. The number of furan rings is 1. The Bertz CT molecular complexity index is 743. The van der Waals surface area contributed by atoms with E-state index in [1.165, 1.54) is 6.33 Å². The van der Waals surface area contributed by atoms with Gasteiger partial charge in [0.25, 0.3) is 5.91 Å². The minimum absolute atomic E-state index is 0.0712. The van der Waals surface area contributed by atoms with Gasteiger partial charge in [0.15, 0.2) is 11.4 Å². The normalized spacial score (nSPS) is 16.0. The molecule has 1 saturated heterocycles. The summed E-state index contributed by atoms with van der Waals surface area (Å²) in [6.45, 7) is 5.17. The number of carboxylic acid groups (broad SMARTS) is 1. The molecule has 2 aromatic heterocycles.